The van der Waals surface area contributed by atoms with E-state index >= 15 is 0 Å². The van der Waals surface area contributed by atoms with Gasteiger partial charge in [0.1, 0.15) is 5.75 Å². The number of hydrogen-bond acceptors (Lipinski definition) is 3. The molecule has 0 fully saturated rings. The van der Waals surface area contributed by atoms with Gasteiger partial charge in [-0.15, -0.1) is 7.92 Å². The van der Waals surface area contributed by atoms with Crippen molar-refractivity contribution in [2.24, 2.45) is 0 Å². The standard InChI is InChI=1S/C6H7BO3.C6H15P/c8-7(9)10-6-4-2-1-3-5-6;1-4-7(5-2)6-3/h1-5,8-9H;4-6H2,1-3H3. The van der Waals surface area contributed by atoms with Crippen molar-refractivity contribution >= 4 is 15.2 Å². The molecular formula is C12H22BO3P. The van der Waals surface area contributed by atoms with Crippen molar-refractivity contribution in [2.45, 2.75) is 20.8 Å². The predicted molar refractivity (Wildman–Crippen MR) is 75.8 cm³/mol. The highest BCUT2D eigenvalue weighted by Crippen LogP contribution is 2.32. The van der Waals surface area contributed by atoms with E-state index in [1.165, 1.54) is 18.5 Å². The average Bonchev–Trinajstić information content (AvgIpc) is 2.32. The third-order valence-corrected chi connectivity index (χ3v) is 5.01. The van der Waals surface area contributed by atoms with E-state index in [9.17, 15) is 0 Å². The lowest BCUT2D eigenvalue weighted by atomic mass is 10.2. The molecule has 0 aliphatic carbocycles. The van der Waals surface area contributed by atoms with E-state index in [-0.39, 0.29) is 0 Å². The highest BCUT2D eigenvalue weighted by molar-refractivity contribution is 7.57. The quantitative estimate of drug-likeness (QED) is 0.628. The minimum absolute atomic E-state index is 0.442. The van der Waals surface area contributed by atoms with Gasteiger partial charge >= 0.3 is 7.32 Å². The summed E-state index contributed by atoms with van der Waals surface area (Å²) >= 11 is 0. The maximum atomic E-state index is 8.34. The number of benzene rings is 1. The topological polar surface area (TPSA) is 49.7 Å². The van der Waals surface area contributed by atoms with Crippen LogP contribution >= 0.6 is 7.92 Å². The Kier molecular flexibility index (Phi) is 10.2. The summed E-state index contributed by atoms with van der Waals surface area (Å²) in [5.74, 6) is 0.442. The second-order valence-corrected chi connectivity index (χ2v) is 6.62. The third kappa shape index (κ3) is 9.17. The fourth-order valence-corrected chi connectivity index (χ4v) is 2.63. The second kappa shape index (κ2) is 10.6. The van der Waals surface area contributed by atoms with Crippen LogP contribution in [0.4, 0.5) is 0 Å². The Balaban J connectivity index is 0.000000325. The fraction of sp³-hybridized carbons (Fsp3) is 0.500. The minimum atomic E-state index is -1.73. The van der Waals surface area contributed by atoms with Gasteiger partial charge in [-0.3, -0.25) is 0 Å². The Hall–Kier alpha value is -0.565. The molecule has 0 aliphatic rings. The van der Waals surface area contributed by atoms with Gasteiger partial charge < -0.3 is 14.7 Å². The molecule has 5 heteroatoms. The first-order valence-corrected chi connectivity index (χ1v) is 7.83. The van der Waals surface area contributed by atoms with Crippen LogP contribution in [-0.2, 0) is 0 Å². The van der Waals surface area contributed by atoms with E-state index in [0.717, 1.165) is 0 Å². The van der Waals surface area contributed by atoms with Crippen LogP contribution in [0.15, 0.2) is 30.3 Å². The lowest BCUT2D eigenvalue weighted by Gasteiger charge is -2.07. The van der Waals surface area contributed by atoms with Gasteiger partial charge in [0.25, 0.3) is 0 Å². The van der Waals surface area contributed by atoms with E-state index in [4.69, 9.17) is 10.0 Å². The molecule has 17 heavy (non-hydrogen) atoms. The Labute approximate surface area is 106 Å². The monoisotopic (exact) mass is 256 g/mol. The van der Waals surface area contributed by atoms with Crippen molar-refractivity contribution in [3.8, 4) is 5.75 Å². The van der Waals surface area contributed by atoms with Gasteiger partial charge in [-0.1, -0.05) is 39.0 Å². The van der Waals surface area contributed by atoms with E-state index in [0.29, 0.717) is 13.7 Å². The minimum Gasteiger partial charge on any atom is -0.512 e. The van der Waals surface area contributed by atoms with E-state index in [1.54, 1.807) is 24.3 Å². The summed E-state index contributed by atoms with van der Waals surface area (Å²) in [6.07, 6.45) is 4.26. The summed E-state index contributed by atoms with van der Waals surface area (Å²) in [6, 6.07) is 8.59. The molecule has 96 valence electrons. The van der Waals surface area contributed by atoms with Crippen LogP contribution in [0, 0.1) is 0 Å². The lowest BCUT2D eigenvalue weighted by Crippen LogP contribution is -2.20. The first kappa shape index (κ1) is 16.4. The molecule has 0 spiro atoms. The molecule has 0 unspecified atom stereocenters. The van der Waals surface area contributed by atoms with Gasteiger partial charge in [-0.05, 0) is 30.6 Å². The summed E-state index contributed by atoms with van der Waals surface area (Å²) in [6.45, 7) is 6.87. The SMILES string of the molecule is CCP(CC)CC.OB(O)Oc1ccccc1. The van der Waals surface area contributed by atoms with Crippen molar-refractivity contribution in [1.29, 1.82) is 0 Å². The molecule has 1 rings (SSSR count). The van der Waals surface area contributed by atoms with Crippen molar-refractivity contribution in [3.63, 3.8) is 0 Å². The molecule has 0 saturated carbocycles. The van der Waals surface area contributed by atoms with E-state index in [2.05, 4.69) is 25.4 Å². The normalized spacial score (nSPS) is 9.53. The van der Waals surface area contributed by atoms with E-state index in [1.807, 2.05) is 6.07 Å². The highest BCUT2D eigenvalue weighted by Gasteiger charge is 2.09. The molecule has 2 N–H and O–H groups in total. The van der Waals surface area contributed by atoms with Crippen LogP contribution in [0.3, 0.4) is 0 Å². The molecule has 3 nitrogen and oxygen atoms in total. The summed E-state index contributed by atoms with van der Waals surface area (Å²) in [7, 11) is -1.29. The van der Waals surface area contributed by atoms with Gasteiger partial charge in [0.05, 0.1) is 0 Å². The van der Waals surface area contributed by atoms with Gasteiger partial charge in [-0.25, -0.2) is 0 Å². The van der Waals surface area contributed by atoms with Crippen LogP contribution in [0.2, 0.25) is 0 Å². The Morgan fingerprint density at radius 2 is 1.47 bits per heavy atom. The van der Waals surface area contributed by atoms with Gasteiger partial charge in [0, 0.05) is 0 Å². The smallest absolute Gasteiger partial charge is 0.512 e. The lowest BCUT2D eigenvalue weighted by molar-refractivity contribution is 0.288. The molecule has 0 heterocycles. The molecule has 0 bridgehead atoms. The van der Waals surface area contributed by atoms with Crippen LogP contribution in [-0.4, -0.2) is 35.9 Å². The van der Waals surface area contributed by atoms with Crippen molar-refractivity contribution in [3.05, 3.63) is 30.3 Å². The number of para-hydroxylation sites is 1. The molecule has 0 amide bonds. The zero-order chi connectivity index (χ0) is 13.1. The van der Waals surface area contributed by atoms with Crippen LogP contribution < -0.4 is 4.65 Å². The summed E-state index contributed by atoms with van der Waals surface area (Å²) < 4.78 is 4.53. The first-order chi connectivity index (χ1) is 8.13. The summed E-state index contributed by atoms with van der Waals surface area (Å²) in [5.41, 5.74) is 0. The molecule has 0 atom stereocenters. The zero-order valence-electron chi connectivity index (χ0n) is 10.8. The predicted octanol–water partition coefficient (Wildman–Crippen LogP) is 2.56. The van der Waals surface area contributed by atoms with Crippen LogP contribution in [0.5, 0.6) is 5.75 Å². The number of hydrogen-bond donors (Lipinski definition) is 2. The van der Waals surface area contributed by atoms with Crippen LogP contribution in [0.1, 0.15) is 20.8 Å². The van der Waals surface area contributed by atoms with Crippen molar-refractivity contribution in [1.82, 2.24) is 0 Å². The molecule has 1 aromatic rings. The maximum absolute atomic E-state index is 8.34. The van der Waals surface area contributed by atoms with Crippen molar-refractivity contribution in [2.75, 3.05) is 18.5 Å². The van der Waals surface area contributed by atoms with Crippen molar-refractivity contribution < 1.29 is 14.7 Å². The molecule has 0 saturated heterocycles. The van der Waals surface area contributed by atoms with Gasteiger partial charge in [-0.2, -0.15) is 0 Å². The summed E-state index contributed by atoms with van der Waals surface area (Å²) in [5, 5.41) is 16.7. The van der Waals surface area contributed by atoms with Crippen LogP contribution in [0.25, 0.3) is 0 Å². The second-order valence-electron chi connectivity index (χ2n) is 3.38. The van der Waals surface area contributed by atoms with E-state index < -0.39 is 7.32 Å². The Morgan fingerprint density at radius 1 is 1.00 bits per heavy atom. The molecular weight excluding hydrogens is 234 g/mol. The highest BCUT2D eigenvalue weighted by atomic mass is 31.1. The molecule has 0 radical (unpaired) electrons. The summed E-state index contributed by atoms with van der Waals surface area (Å²) in [4.78, 5) is 0. The third-order valence-electron chi connectivity index (χ3n) is 2.33. The fourth-order valence-electron chi connectivity index (χ4n) is 1.29. The molecule has 0 aromatic heterocycles. The Bertz CT molecular complexity index is 260. The molecule has 0 aliphatic heterocycles. The number of rotatable bonds is 5. The maximum Gasteiger partial charge on any atom is 0.707 e. The first-order valence-electron chi connectivity index (χ1n) is 5.94. The average molecular weight is 256 g/mol. The zero-order valence-corrected chi connectivity index (χ0v) is 11.7. The van der Waals surface area contributed by atoms with Gasteiger partial charge in [0.15, 0.2) is 0 Å². The van der Waals surface area contributed by atoms with Gasteiger partial charge in [0.2, 0.25) is 0 Å². The molecule has 1 aromatic carbocycles. The Morgan fingerprint density at radius 3 is 1.76 bits per heavy atom. The largest absolute Gasteiger partial charge is 0.707 e.